The summed E-state index contributed by atoms with van der Waals surface area (Å²) in [7, 11) is 0. The van der Waals surface area contributed by atoms with E-state index in [0.29, 0.717) is 0 Å². The van der Waals surface area contributed by atoms with Crippen LogP contribution in [-0.2, 0) is 0 Å². The molecule has 1 nitrogen and oxygen atoms in total. The zero-order chi connectivity index (χ0) is 11.5. The summed E-state index contributed by atoms with van der Waals surface area (Å²) in [6.07, 6.45) is 1.79. The van der Waals surface area contributed by atoms with Crippen molar-refractivity contribution in [2.75, 3.05) is 0 Å². The molecule has 0 N–H and O–H groups in total. The fourth-order valence-corrected chi connectivity index (χ4v) is 1.82. The first-order valence-electron chi connectivity index (χ1n) is 5.54. The standard InChI is InChI=1S/C16H11O/c1-3-7-13(8-4-1)15-11-16(17-12-15)14-9-5-2-6-10-14/h2-12H. The van der Waals surface area contributed by atoms with Crippen molar-refractivity contribution in [1.29, 1.82) is 0 Å². The molecule has 1 aromatic heterocycles. The van der Waals surface area contributed by atoms with Gasteiger partial charge in [0.25, 0.3) is 0 Å². The van der Waals surface area contributed by atoms with Gasteiger partial charge in [-0.15, -0.1) is 0 Å². The van der Waals surface area contributed by atoms with E-state index >= 15 is 0 Å². The van der Waals surface area contributed by atoms with Crippen LogP contribution >= 0.6 is 0 Å². The first-order valence-corrected chi connectivity index (χ1v) is 5.54. The Labute approximate surface area is 100 Å². The maximum Gasteiger partial charge on any atom is 0.134 e. The average Bonchev–Trinajstić information content (AvgIpc) is 2.90. The van der Waals surface area contributed by atoms with Crippen molar-refractivity contribution in [1.82, 2.24) is 0 Å². The lowest BCUT2D eigenvalue weighted by molar-refractivity contribution is 0.583. The van der Waals surface area contributed by atoms with Gasteiger partial charge in [0.2, 0.25) is 0 Å². The third-order valence-electron chi connectivity index (χ3n) is 2.71. The Morgan fingerprint density at radius 1 is 0.765 bits per heavy atom. The molecule has 0 spiro atoms. The van der Waals surface area contributed by atoms with E-state index in [2.05, 4.69) is 12.1 Å². The highest BCUT2D eigenvalue weighted by Crippen LogP contribution is 2.27. The Kier molecular flexibility index (Phi) is 2.51. The second kappa shape index (κ2) is 4.30. The summed E-state index contributed by atoms with van der Waals surface area (Å²) < 4.78 is 5.59. The highest BCUT2D eigenvalue weighted by atomic mass is 16.3. The van der Waals surface area contributed by atoms with Crippen LogP contribution in [0.25, 0.3) is 22.5 Å². The molecule has 0 saturated heterocycles. The van der Waals surface area contributed by atoms with Crippen molar-refractivity contribution in [3.63, 3.8) is 0 Å². The molecule has 3 aromatic rings. The monoisotopic (exact) mass is 219 g/mol. The highest BCUT2D eigenvalue weighted by molar-refractivity contribution is 5.69. The molecule has 1 heterocycles. The smallest absolute Gasteiger partial charge is 0.134 e. The maximum atomic E-state index is 5.59. The number of rotatable bonds is 2. The molecular formula is C16H11O. The quantitative estimate of drug-likeness (QED) is 0.622. The normalized spacial score (nSPS) is 10.4. The molecule has 17 heavy (non-hydrogen) atoms. The SMILES string of the molecule is [c]1ccc(-c2coc(-c3ccccc3)c2)cc1. The summed E-state index contributed by atoms with van der Waals surface area (Å²) in [4.78, 5) is 0. The van der Waals surface area contributed by atoms with Crippen molar-refractivity contribution in [2.24, 2.45) is 0 Å². The Hall–Kier alpha value is -2.28. The van der Waals surface area contributed by atoms with Crippen molar-refractivity contribution in [3.8, 4) is 22.5 Å². The third-order valence-corrected chi connectivity index (χ3v) is 2.71. The van der Waals surface area contributed by atoms with Gasteiger partial charge < -0.3 is 4.42 Å². The Bertz CT molecular complexity index is 540. The van der Waals surface area contributed by atoms with Crippen LogP contribution < -0.4 is 0 Å². The maximum absolute atomic E-state index is 5.59. The van der Waals surface area contributed by atoms with Crippen LogP contribution in [0.4, 0.5) is 0 Å². The molecule has 2 aromatic carbocycles. The first-order chi connectivity index (χ1) is 8.43. The second-order valence-electron chi connectivity index (χ2n) is 3.85. The zero-order valence-corrected chi connectivity index (χ0v) is 9.26. The molecule has 0 amide bonds. The predicted molar refractivity (Wildman–Crippen MR) is 68.4 cm³/mol. The minimum Gasteiger partial charge on any atom is -0.464 e. The van der Waals surface area contributed by atoms with E-state index < -0.39 is 0 Å². The highest BCUT2D eigenvalue weighted by Gasteiger charge is 2.05. The first kappa shape index (κ1) is 9.91. The zero-order valence-electron chi connectivity index (χ0n) is 9.26. The van der Waals surface area contributed by atoms with Gasteiger partial charge in [-0.1, -0.05) is 54.6 Å². The van der Waals surface area contributed by atoms with Crippen LogP contribution in [0.3, 0.4) is 0 Å². The summed E-state index contributed by atoms with van der Waals surface area (Å²) in [5.41, 5.74) is 3.34. The van der Waals surface area contributed by atoms with E-state index in [0.717, 1.165) is 22.5 Å². The summed E-state index contributed by atoms with van der Waals surface area (Å²) in [6.45, 7) is 0. The largest absolute Gasteiger partial charge is 0.464 e. The van der Waals surface area contributed by atoms with Gasteiger partial charge in [-0.25, -0.2) is 0 Å². The van der Waals surface area contributed by atoms with E-state index in [4.69, 9.17) is 4.42 Å². The summed E-state index contributed by atoms with van der Waals surface area (Å²) >= 11 is 0. The average molecular weight is 219 g/mol. The van der Waals surface area contributed by atoms with Gasteiger partial charge in [0.15, 0.2) is 0 Å². The second-order valence-corrected chi connectivity index (χ2v) is 3.85. The fourth-order valence-electron chi connectivity index (χ4n) is 1.82. The van der Waals surface area contributed by atoms with E-state index in [1.165, 1.54) is 0 Å². The van der Waals surface area contributed by atoms with Crippen LogP contribution in [0.1, 0.15) is 0 Å². The molecule has 81 valence electrons. The van der Waals surface area contributed by atoms with Crippen molar-refractivity contribution in [2.45, 2.75) is 0 Å². The molecule has 3 rings (SSSR count). The molecule has 1 heteroatoms. The van der Waals surface area contributed by atoms with Gasteiger partial charge in [-0.2, -0.15) is 0 Å². The lowest BCUT2D eigenvalue weighted by Gasteiger charge is -1.94. The van der Waals surface area contributed by atoms with Gasteiger partial charge in [0.05, 0.1) is 6.26 Å². The molecule has 0 saturated carbocycles. The van der Waals surface area contributed by atoms with Crippen LogP contribution in [0.5, 0.6) is 0 Å². The lowest BCUT2D eigenvalue weighted by atomic mass is 10.1. The van der Waals surface area contributed by atoms with Crippen molar-refractivity contribution < 1.29 is 4.42 Å². The fraction of sp³-hybridized carbons (Fsp3) is 0. The Balaban J connectivity index is 1.99. The number of hydrogen-bond acceptors (Lipinski definition) is 1. The van der Waals surface area contributed by atoms with E-state index in [9.17, 15) is 0 Å². The van der Waals surface area contributed by atoms with E-state index in [1.807, 2.05) is 54.6 Å². The van der Waals surface area contributed by atoms with Gasteiger partial charge in [0, 0.05) is 11.1 Å². The third kappa shape index (κ3) is 2.00. The van der Waals surface area contributed by atoms with Crippen LogP contribution in [0, 0.1) is 6.07 Å². The van der Waals surface area contributed by atoms with Crippen molar-refractivity contribution in [3.05, 3.63) is 73.0 Å². The topological polar surface area (TPSA) is 13.1 Å². The van der Waals surface area contributed by atoms with E-state index in [1.54, 1.807) is 6.26 Å². The van der Waals surface area contributed by atoms with Gasteiger partial charge in [-0.3, -0.25) is 0 Å². The molecular weight excluding hydrogens is 208 g/mol. The predicted octanol–water partition coefficient (Wildman–Crippen LogP) is 4.41. The van der Waals surface area contributed by atoms with Crippen LogP contribution in [0.15, 0.2) is 71.3 Å². The molecule has 0 aliphatic rings. The van der Waals surface area contributed by atoms with Crippen LogP contribution in [-0.4, -0.2) is 0 Å². The summed E-state index contributed by atoms with van der Waals surface area (Å²) in [5, 5.41) is 0. The van der Waals surface area contributed by atoms with E-state index in [-0.39, 0.29) is 0 Å². The minimum absolute atomic E-state index is 0.897. The lowest BCUT2D eigenvalue weighted by Crippen LogP contribution is -1.72. The number of benzene rings is 2. The molecule has 0 unspecified atom stereocenters. The van der Waals surface area contributed by atoms with Gasteiger partial charge >= 0.3 is 0 Å². The minimum atomic E-state index is 0.897. The molecule has 0 aliphatic carbocycles. The Morgan fingerprint density at radius 2 is 1.53 bits per heavy atom. The summed E-state index contributed by atoms with van der Waals surface area (Å²) in [6, 6.07) is 23.0. The van der Waals surface area contributed by atoms with Crippen LogP contribution in [0.2, 0.25) is 0 Å². The number of furan rings is 1. The molecule has 0 bridgehead atoms. The Morgan fingerprint density at radius 3 is 2.29 bits per heavy atom. The van der Waals surface area contributed by atoms with Crippen molar-refractivity contribution >= 4 is 0 Å². The van der Waals surface area contributed by atoms with Gasteiger partial charge in [-0.05, 0) is 17.7 Å². The van der Waals surface area contributed by atoms with Gasteiger partial charge in [0.1, 0.15) is 5.76 Å². The molecule has 1 radical (unpaired) electrons. The summed E-state index contributed by atoms with van der Waals surface area (Å²) in [5.74, 6) is 0.897. The molecule has 0 aliphatic heterocycles. The molecule has 0 atom stereocenters. The molecule has 0 fully saturated rings. The number of hydrogen-bond donors (Lipinski definition) is 0.